The molecule has 0 saturated carbocycles. The zero-order valence-electron chi connectivity index (χ0n) is 7.08. The molecule has 0 spiro atoms. The predicted octanol–water partition coefficient (Wildman–Crippen LogP) is 0.233. The fraction of sp³-hybridized carbons (Fsp3) is 0.625. The molecule has 2 aliphatic rings. The van der Waals surface area contributed by atoms with Crippen molar-refractivity contribution in [1.82, 2.24) is 15.5 Å². The molecule has 66 valence electrons. The molecule has 0 aromatic carbocycles. The highest BCUT2D eigenvalue weighted by Crippen LogP contribution is 2.12. The number of fused-ring (bicyclic) bond motifs is 1. The largest absolute Gasteiger partial charge is 0.334 e. The maximum absolute atomic E-state index is 11.1. The highest BCUT2D eigenvalue weighted by atomic mass is 16.2. The maximum atomic E-state index is 11.1. The first-order valence-electron chi connectivity index (χ1n) is 4.32. The summed E-state index contributed by atoms with van der Waals surface area (Å²) in [6, 6.07) is 0.414. The number of rotatable bonds is 1. The third kappa shape index (κ3) is 1.08. The average molecular weight is 167 g/mol. The number of nitrogens with one attached hydrogen (secondary N) is 2. The lowest BCUT2D eigenvalue weighted by Crippen LogP contribution is -2.48. The monoisotopic (exact) mass is 167 g/mol. The second-order valence-corrected chi connectivity index (χ2v) is 3.13. The van der Waals surface area contributed by atoms with Crippen LogP contribution in [0.15, 0.2) is 12.3 Å². The summed E-state index contributed by atoms with van der Waals surface area (Å²) in [5, 5.41) is 6.13. The van der Waals surface area contributed by atoms with Crippen molar-refractivity contribution in [3.8, 4) is 0 Å². The fourth-order valence-corrected chi connectivity index (χ4v) is 1.58. The zero-order chi connectivity index (χ0) is 8.55. The van der Waals surface area contributed by atoms with Crippen molar-refractivity contribution in [3.05, 3.63) is 12.3 Å². The van der Waals surface area contributed by atoms with Crippen LogP contribution in [0, 0.1) is 0 Å². The van der Waals surface area contributed by atoms with Gasteiger partial charge in [-0.1, -0.05) is 13.0 Å². The highest BCUT2D eigenvalue weighted by molar-refractivity contribution is 5.78. The van der Waals surface area contributed by atoms with Crippen LogP contribution in [0.5, 0.6) is 0 Å². The molecule has 2 rings (SSSR count). The van der Waals surface area contributed by atoms with Gasteiger partial charge >= 0.3 is 6.03 Å². The molecule has 0 bridgehead atoms. The average Bonchev–Trinajstić information content (AvgIpc) is 2.47. The molecule has 1 saturated heterocycles. The molecule has 2 atom stereocenters. The number of amides is 2. The lowest BCUT2D eigenvalue weighted by molar-refractivity contribution is 0.211. The van der Waals surface area contributed by atoms with Gasteiger partial charge in [0.15, 0.2) is 0 Å². The van der Waals surface area contributed by atoms with E-state index in [1.807, 2.05) is 12.3 Å². The number of hydrogen-bond donors (Lipinski definition) is 2. The van der Waals surface area contributed by atoms with Crippen LogP contribution in [-0.4, -0.2) is 29.7 Å². The maximum Gasteiger partial charge on any atom is 0.322 e. The zero-order valence-corrected chi connectivity index (χ0v) is 7.08. The highest BCUT2D eigenvalue weighted by Gasteiger charge is 2.32. The second kappa shape index (κ2) is 2.79. The van der Waals surface area contributed by atoms with Gasteiger partial charge in [0.2, 0.25) is 0 Å². The Labute approximate surface area is 71.6 Å². The van der Waals surface area contributed by atoms with Crippen LogP contribution in [0.4, 0.5) is 4.79 Å². The molecule has 2 N–H and O–H groups in total. The number of hydrogen-bond acceptors (Lipinski definition) is 2. The number of carbonyl (C=O) groups is 1. The Balaban J connectivity index is 2.11. The smallest absolute Gasteiger partial charge is 0.322 e. The van der Waals surface area contributed by atoms with Crippen LogP contribution >= 0.6 is 0 Å². The topological polar surface area (TPSA) is 44.4 Å². The van der Waals surface area contributed by atoms with Crippen LogP contribution in [-0.2, 0) is 0 Å². The third-order valence-corrected chi connectivity index (χ3v) is 2.34. The van der Waals surface area contributed by atoms with E-state index in [2.05, 4.69) is 17.6 Å². The Morgan fingerprint density at radius 1 is 1.75 bits per heavy atom. The first-order chi connectivity index (χ1) is 5.81. The Hall–Kier alpha value is -1.03. The molecule has 4 heteroatoms. The summed E-state index contributed by atoms with van der Waals surface area (Å²) in [5.74, 6) is 0. The van der Waals surface area contributed by atoms with Gasteiger partial charge in [-0.05, 0) is 6.42 Å². The molecule has 0 aliphatic carbocycles. The lowest BCUT2D eigenvalue weighted by Gasteiger charge is -2.28. The van der Waals surface area contributed by atoms with E-state index in [0.29, 0.717) is 12.6 Å². The van der Waals surface area contributed by atoms with Gasteiger partial charge in [0.1, 0.15) is 6.17 Å². The van der Waals surface area contributed by atoms with Gasteiger partial charge in [-0.15, -0.1) is 0 Å². The van der Waals surface area contributed by atoms with Gasteiger partial charge in [0.05, 0.1) is 6.54 Å². The second-order valence-electron chi connectivity index (χ2n) is 3.13. The summed E-state index contributed by atoms with van der Waals surface area (Å²) < 4.78 is 0. The van der Waals surface area contributed by atoms with Crippen molar-refractivity contribution in [2.24, 2.45) is 0 Å². The van der Waals surface area contributed by atoms with Gasteiger partial charge in [0, 0.05) is 12.2 Å². The van der Waals surface area contributed by atoms with E-state index < -0.39 is 0 Å². The summed E-state index contributed by atoms with van der Waals surface area (Å²) in [6.07, 6.45) is 5.13. The Morgan fingerprint density at radius 2 is 2.58 bits per heavy atom. The van der Waals surface area contributed by atoms with Gasteiger partial charge < -0.3 is 5.32 Å². The van der Waals surface area contributed by atoms with E-state index in [1.165, 1.54) is 0 Å². The van der Waals surface area contributed by atoms with Crippen LogP contribution in [0.1, 0.15) is 13.3 Å². The number of urea groups is 1. The molecule has 0 radical (unpaired) electrons. The third-order valence-electron chi connectivity index (χ3n) is 2.34. The molecule has 2 unspecified atom stereocenters. The van der Waals surface area contributed by atoms with Crippen molar-refractivity contribution in [2.45, 2.75) is 25.6 Å². The van der Waals surface area contributed by atoms with Crippen molar-refractivity contribution in [3.63, 3.8) is 0 Å². The van der Waals surface area contributed by atoms with Gasteiger partial charge in [-0.25, -0.2) is 4.79 Å². The molecular weight excluding hydrogens is 154 g/mol. The normalized spacial score (nSPS) is 33.4. The molecule has 2 amide bonds. The fourth-order valence-electron chi connectivity index (χ4n) is 1.58. The SMILES string of the molecule is CCC1C=CN2C(=O)NCC2N1. The van der Waals surface area contributed by atoms with Crippen LogP contribution in [0.25, 0.3) is 0 Å². The van der Waals surface area contributed by atoms with Crippen molar-refractivity contribution in [1.29, 1.82) is 0 Å². The molecule has 1 fully saturated rings. The van der Waals surface area contributed by atoms with Gasteiger partial charge in [0.25, 0.3) is 0 Å². The molecule has 0 aromatic rings. The minimum atomic E-state index is -0.00157. The summed E-state index contributed by atoms with van der Waals surface area (Å²) >= 11 is 0. The molecule has 4 nitrogen and oxygen atoms in total. The summed E-state index contributed by atoms with van der Waals surface area (Å²) in [5.41, 5.74) is 0. The van der Waals surface area contributed by atoms with Gasteiger partial charge in [-0.2, -0.15) is 0 Å². The van der Waals surface area contributed by atoms with E-state index in [-0.39, 0.29) is 12.2 Å². The number of nitrogens with zero attached hydrogens (tertiary/aromatic N) is 1. The van der Waals surface area contributed by atoms with Crippen LogP contribution < -0.4 is 10.6 Å². The Morgan fingerprint density at radius 3 is 3.33 bits per heavy atom. The molecule has 2 aliphatic heterocycles. The standard InChI is InChI=1S/C8H13N3O/c1-2-6-3-4-11-7(10-6)5-9-8(11)12/h3-4,6-7,10H,2,5H2,1H3,(H,9,12). The van der Waals surface area contributed by atoms with E-state index in [9.17, 15) is 4.79 Å². The predicted molar refractivity (Wildman–Crippen MR) is 45.4 cm³/mol. The summed E-state index contributed by atoms with van der Waals surface area (Å²) in [4.78, 5) is 12.8. The van der Waals surface area contributed by atoms with Crippen molar-refractivity contribution in [2.75, 3.05) is 6.54 Å². The summed E-state index contributed by atoms with van der Waals surface area (Å²) in [6.45, 7) is 2.83. The van der Waals surface area contributed by atoms with E-state index in [4.69, 9.17) is 0 Å². The Kier molecular flexibility index (Phi) is 1.77. The lowest BCUT2D eigenvalue weighted by atomic mass is 10.2. The quantitative estimate of drug-likeness (QED) is 0.587. The Bertz CT molecular complexity index is 226. The number of carbonyl (C=O) groups excluding carboxylic acids is 1. The van der Waals surface area contributed by atoms with E-state index in [0.717, 1.165) is 6.42 Å². The molecule has 12 heavy (non-hydrogen) atoms. The minimum absolute atomic E-state index is 0.00157. The van der Waals surface area contributed by atoms with Crippen molar-refractivity contribution >= 4 is 6.03 Å². The molecule has 2 heterocycles. The van der Waals surface area contributed by atoms with Crippen molar-refractivity contribution < 1.29 is 4.79 Å². The summed E-state index contributed by atoms with van der Waals surface area (Å²) in [7, 11) is 0. The molecule has 0 aromatic heterocycles. The molecular formula is C8H13N3O. The van der Waals surface area contributed by atoms with Crippen LogP contribution in [0.2, 0.25) is 0 Å². The minimum Gasteiger partial charge on any atom is -0.334 e. The van der Waals surface area contributed by atoms with Gasteiger partial charge in [-0.3, -0.25) is 10.2 Å². The first-order valence-corrected chi connectivity index (χ1v) is 4.32. The first kappa shape index (κ1) is 7.61. The van der Waals surface area contributed by atoms with E-state index >= 15 is 0 Å². The van der Waals surface area contributed by atoms with Crippen LogP contribution in [0.3, 0.4) is 0 Å². The van der Waals surface area contributed by atoms with E-state index in [1.54, 1.807) is 4.90 Å².